The summed E-state index contributed by atoms with van der Waals surface area (Å²) >= 11 is 0. The molecule has 2 rings (SSSR count). The fourth-order valence-corrected chi connectivity index (χ4v) is 1.59. The lowest BCUT2D eigenvalue weighted by Crippen LogP contribution is -1.98. The molecule has 0 bridgehead atoms. The Morgan fingerprint density at radius 2 is 2.18 bits per heavy atom. The number of rotatable bonds is 3. The van der Waals surface area contributed by atoms with Gasteiger partial charge in [-0.05, 0) is 17.7 Å². The van der Waals surface area contributed by atoms with Gasteiger partial charge in [0.2, 0.25) is 0 Å². The lowest BCUT2D eigenvalue weighted by molar-refractivity contribution is -0.134. The molecular weight excluding hydrogens is 220 g/mol. The summed E-state index contributed by atoms with van der Waals surface area (Å²) in [5, 5.41) is 0. The minimum atomic E-state index is -0.372. The molecule has 1 heterocycles. The minimum Gasteiger partial charge on any atom is -0.466 e. The van der Waals surface area contributed by atoms with Gasteiger partial charge < -0.3 is 14.2 Å². The van der Waals surface area contributed by atoms with E-state index in [1.165, 1.54) is 13.2 Å². The molecule has 0 aromatic heterocycles. The normalized spacial score (nSPS) is 16.5. The quantitative estimate of drug-likeness (QED) is 0.592. The standard InChI is InChI=1S/C13H14O4/c1-15-12(14)6-5-10-3-2-4-11(9-10)13-16-7-8-17-13/h2-6,9,13H,7-8H2,1H3. The van der Waals surface area contributed by atoms with E-state index in [0.717, 1.165) is 11.1 Å². The molecule has 0 amide bonds. The minimum absolute atomic E-state index is 0.290. The molecule has 4 nitrogen and oxygen atoms in total. The average molecular weight is 234 g/mol. The number of esters is 1. The fourth-order valence-electron chi connectivity index (χ4n) is 1.59. The van der Waals surface area contributed by atoms with E-state index < -0.39 is 0 Å². The van der Waals surface area contributed by atoms with Gasteiger partial charge in [0.05, 0.1) is 20.3 Å². The van der Waals surface area contributed by atoms with Crippen LogP contribution in [0, 0.1) is 0 Å². The molecule has 90 valence electrons. The van der Waals surface area contributed by atoms with Crippen molar-refractivity contribution >= 4 is 12.0 Å². The van der Waals surface area contributed by atoms with Crippen LogP contribution in [0.1, 0.15) is 17.4 Å². The van der Waals surface area contributed by atoms with E-state index in [1.807, 2.05) is 24.3 Å². The number of carbonyl (C=O) groups is 1. The molecule has 0 atom stereocenters. The summed E-state index contributed by atoms with van der Waals surface area (Å²) in [6, 6.07) is 7.66. The average Bonchev–Trinajstić information content (AvgIpc) is 2.90. The van der Waals surface area contributed by atoms with Crippen LogP contribution >= 0.6 is 0 Å². The third kappa shape index (κ3) is 3.15. The molecule has 1 aromatic rings. The Labute approximate surface area is 99.8 Å². The van der Waals surface area contributed by atoms with Gasteiger partial charge in [0.25, 0.3) is 0 Å². The Bertz CT molecular complexity index is 419. The maximum atomic E-state index is 11.0. The second-order valence-corrected chi connectivity index (χ2v) is 3.60. The number of carbonyl (C=O) groups excluding carboxylic acids is 1. The molecule has 17 heavy (non-hydrogen) atoms. The van der Waals surface area contributed by atoms with Crippen LogP contribution in [0.25, 0.3) is 6.08 Å². The van der Waals surface area contributed by atoms with E-state index in [9.17, 15) is 4.79 Å². The summed E-state index contributed by atoms with van der Waals surface area (Å²) in [7, 11) is 1.35. The van der Waals surface area contributed by atoms with Gasteiger partial charge in [0.1, 0.15) is 0 Å². The number of methoxy groups -OCH3 is 1. The van der Waals surface area contributed by atoms with Crippen LogP contribution in [0.15, 0.2) is 30.3 Å². The van der Waals surface area contributed by atoms with Gasteiger partial charge in [-0.2, -0.15) is 0 Å². The Morgan fingerprint density at radius 3 is 2.88 bits per heavy atom. The van der Waals surface area contributed by atoms with Crippen LogP contribution in [0.5, 0.6) is 0 Å². The summed E-state index contributed by atoms with van der Waals surface area (Å²) in [5.41, 5.74) is 1.86. The molecule has 1 aromatic carbocycles. The van der Waals surface area contributed by atoms with E-state index >= 15 is 0 Å². The highest BCUT2D eigenvalue weighted by atomic mass is 16.7. The third-order valence-electron chi connectivity index (χ3n) is 2.42. The Kier molecular flexibility index (Phi) is 3.90. The highest BCUT2D eigenvalue weighted by Gasteiger charge is 2.17. The van der Waals surface area contributed by atoms with Gasteiger partial charge in [-0.25, -0.2) is 4.79 Å². The topological polar surface area (TPSA) is 44.8 Å². The van der Waals surface area contributed by atoms with Crippen LogP contribution in [-0.2, 0) is 19.0 Å². The smallest absolute Gasteiger partial charge is 0.330 e. The van der Waals surface area contributed by atoms with Crippen LogP contribution in [0.3, 0.4) is 0 Å². The van der Waals surface area contributed by atoms with Crippen LogP contribution in [-0.4, -0.2) is 26.3 Å². The summed E-state index contributed by atoms with van der Waals surface area (Å²) < 4.78 is 15.3. The molecule has 0 spiro atoms. The molecule has 0 unspecified atom stereocenters. The van der Waals surface area contributed by atoms with Crippen molar-refractivity contribution in [1.29, 1.82) is 0 Å². The molecule has 0 radical (unpaired) electrons. The highest BCUT2D eigenvalue weighted by Crippen LogP contribution is 2.24. The number of hydrogen-bond acceptors (Lipinski definition) is 4. The zero-order chi connectivity index (χ0) is 12.1. The van der Waals surface area contributed by atoms with Crippen molar-refractivity contribution < 1.29 is 19.0 Å². The van der Waals surface area contributed by atoms with Crippen molar-refractivity contribution in [3.63, 3.8) is 0 Å². The van der Waals surface area contributed by atoms with E-state index in [2.05, 4.69) is 4.74 Å². The molecule has 0 aliphatic carbocycles. The van der Waals surface area contributed by atoms with Gasteiger partial charge in [-0.1, -0.05) is 18.2 Å². The first kappa shape index (κ1) is 11.8. The maximum absolute atomic E-state index is 11.0. The van der Waals surface area contributed by atoms with Crippen LogP contribution in [0.2, 0.25) is 0 Å². The lowest BCUT2D eigenvalue weighted by atomic mass is 10.1. The van der Waals surface area contributed by atoms with Crippen LogP contribution < -0.4 is 0 Å². The summed E-state index contributed by atoms with van der Waals surface area (Å²) in [6.07, 6.45) is 2.79. The fraction of sp³-hybridized carbons (Fsp3) is 0.308. The van der Waals surface area contributed by atoms with Gasteiger partial charge in [-0.3, -0.25) is 0 Å². The largest absolute Gasteiger partial charge is 0.466 e. The molecular formula is C13H14O4. The monoisotopic (exact) mass is 234 g/mol. The first-order valence-corrected chi connectivity index (χ1v) is 5.39. The van der Waals surface area contributed by atoms with Gasteiger partial charge in [-0.15, -0.1) is 0 Å². The number of benzene rings is 1. The molecule has 0 N–H and O–H groups in total. The van der Waals surface area contributed by atoms with E-state index in [4.69, 9.17) is 9.47 Å². The Hall–Kier alpha value is -1.65. The first-order valence-electron chi connectivity index (χ1n) is 5.39. The van der Waals surface area contributed by atoms with Gasteiger partial charge in [0.15, 0.2) is 6.29 Å². The van der Waals surface area contributed by atoms with Gasteiger partial charge >= 0.3 is 5.97 Å². The predicted molar refractivity (Wildman–Crippen MR) is 62.1 cm³/mol. The number of hydrogen-bond donors (Lipinski definition) is 0. The Balaban J connectivity index is 2.11. The molecule has 1 saturated heterocycles. The molecule has 1 aliphatic heterocycles. The second-order valence-electron chi connectivity index (χ2n) is 3.60. The first-order chi connectivity index (χ1) is 8.29. The van der Waals surface area contributed by atoms with Crippen molar-refractivity contribution in [3.05, 3.63) is 41.5 Å². The Morgan fingerprint density at radius 1 is 1.41 bits per heavy atom. The van der Waals surface area contributed by atoms with Crippen molar-refractivity contribution in [1.82, 2.24) is 0 Å². The van der Waals surface area contributed by atoms with E-state index in [1.54, 1.807) is 6.08 Å². The second kappa shape index (κ2) is 5.61. The molecule has 1 fully saturated rings. The molecule has 1 aliphatic rings. The van der Waals surface area contributed by atoms with Crippen molar-refractivity contribution in [2.24, 2.45) is 0 Å². The highest BCUT2D eigenvalue weighted by molar-refractivity contribution is 5.86. The zero-order valence-corrected chi connectivity index (χ0v) is 9.59. The predicted octanol–water partition coefficient (Wildman–Crippen LogP) is 1.92. The summed E-state index contributed by atoms with van der Waals surface area (Å²) in [4.78, 5) is 11.0. The number of ether oxygens (including phenoxy) is 3. The van der Waals surface area contributed by atoms with Crippen molar-refractivity contribution in [3.8, 4) is 0 Å². The lowest BCUT2D eigenvalue weighted by Gasteiger charge is -2.09. The zero-order valence-electron chi connectivity index (χ0n) is 9.59. The molecule has 0 saturated carbocycles. The maximum Gasteiger partial charge on any atom is 0.330 e. The van der Waals surface area contributed by atoms with E-state index in [0.29, 0.717) is 13.2 Å². The third-order valence-corrected chi connectivity index (χ3v) is 2.42. The molecule has 4 heteroatoms. The van der Waals surface area contributed by atoms with Gasteiger partial charge in [0, 0.05) is 11.6 Å². The van der Waals surface area contributed by atoms with Crippen LogP contribution in [0.4, 0.5) is 0 Å². The SMILES string of the molecule is COC(=O)C=Cc1cccc(C2OCCO2)c1. The van der Waals surface area contributed by atoms with E-state index in [-0.39, 0.29) is 12.3 Å². The van der Waals surface area contributed by atoms with Crippen molar-refractivity contribution in [2.75, 3.05) is 20.3 Å². The summed E-state index contributed by atoms with van der Waals surface area (Å²) in [5.74, 6) is -0.372. The van der Waals surface area contributed by atoms with Crippen molar-refractivity contribution in [2.45, 2.75) is 6.29 Å². The summed E-state index contributed by atoms with van der Waals surface area (Å²) in [6.45, 7) is 1.24.